The minimum Gasteiger partial charge on any atom is -0.356 e. The fourth-order valence-electron chi connectivity index (χ4n) is 1.56. The van der Waals surface area contributed by atoms with Crippen LogP contribution in [0.25, 0.3) is 0 Å². The molecule has 1 aromatic rings. The second kappa shape index (κ2) is 8.95. The molecule has 2 N–H and O–H groups in total. The second-order valence-corrected chi connectivity index (χ2v) is 4.66. The smallest absolute Gasteiger partial charge is 0.221 e. The first-order valence-corrected chi connectivity index (χ1v) is 6.82. The predicted octanol–water partition coefficient (Wildman–Crippen LogP) is 2.39. The third-order valence-corrected chi connectivity index (χ3v) is 2.86. The molecule has 0 heterocycles. The summed E-state index contributed by atoms with van der Waals surface area (Å²) in [6.07, 6.45) is 2.48. The Balaban J connectivity index is 2.05. The lowest BCUT2D eigenvalue weighted by Crippen LogP contribution is -2.28. The Labute approximate surface area is 114 Å². The summed E-state index contributed by atoms with van der Waals surface area (Å²) in [6.45, 7) is 4.42. The van der Waals surface area contributed by atoms with Crippen molar-refractivity contribution in [2.45, 2.75) is 26.2 Å². The first-order valence-electron chi connectivity index (χ1n) is 6.44. The molecule has 0 aliphatic carbocycles. The lowest BCUT2D eigenvalue weighted by atomic mass is 10.1. The van der Waals surface area contributed by atoms with Crippen molar-refractivity contribution in [2.75, 3.05) is 19.6 Å². The van der Waals surface area contributed by atoms with Gasteiger partial charge in [-0.1, -0.05) is 30.7 Å². The van der Waals surface area contributed by atoms with Crippen LogP contribution in [0.1, 0.15) is 25.3 Å². The van der Waals surface area contributed by atoms with Crippen molar-refractivity contribution in [3.05, 3.63) is 34.9 Å². The summed E-state index contributed by atoms with van der Waals surface area (Å²) in [5, 5.41) is 6.88. The van der Waals surface area contributed by atoms with E-state index in [1.807, 2.05) is 31.2 Å². The van der Waals surface area contributed by atoms with Gasteiger partial charge in [-0.3, -0.25) is 4.79 Å². The topological polar surface area (TPSA) is 41.1 Å². The van der Waals surface area contributed by atoms with E-state index in [2.05, 4.69) is 10.6 Å². The summed E-state index contributed by atoms with van der Waals surface area (Å²) in [5.74, 6) is 0.121. The van der Waals surface area contributed by atoms with Crippen LogP contribution in [0.3, 0.4) is 0 Å². The Hall–Kier alpha value is -1.06. The first-order chi connectivity index (χ1) is 8.72. The van der Waals surface area contributed by atoms with E-state index in [0.29, 0.717) is 6.42 Å². The average Bonchev–Trinajstić information content (AvgIpc) is 2.38. The molecular formula is C14H21ClN2O. The van der Waals surface area contributed by atoms with E-state index in [0.717, 1.165) is 37.5 Å². The zero-order valence-electron chi connectivity index (χ0n) is 10.8. The Kier molecular flexibility index (Phi) is 7.46. The van der Waals surface area contributed by atoms with Gasteiger partial charge in [-0.2, -0.15) is 0 Å². The van der Waals surface area contributed by atoms with Gasteiger partial charge in [0.05, 0.1) is 0 Å². The normalized spacial score (nSPS) is 10.3. The Morgan fingerprint density at radius 1 is 1.17 bits per heavy atom. The zero-order chi connectivity index (χ0) is 13.2. The molecule has 0 fully saturated rings. The monoisotopic (exact) mass is 268 g/mol. The number of rotatable bonds is 8. The molecule has 0 aliphatic heterocycles. The summed E-state index contributed by atoms with van der Waals surface area (Å²) in [5.41, 5.74) is 1.25. The highest BCUT2D eigenvalue weighted by atomic mass is 35.5. The Morgan fingerprint density at radius 2 is 1.89 bits per heavy atom. The average molecular weight is 269 g/mol. The molecule has 0 radical (unpaired) electrons. The molecule has 0 atom stereocenters. The number of benzene rings is 1. The van der Waals surface area contributed by atoms with Crippen LogP contribution in [0.4, 0.5) is 0 Å². The molecule has 18 heavy (non-hydrogen) atoms. The van der Waals surface area contributed by atoms with Gasteiger partial charge in [-0.25, -0.2) is 0 Å². The number of nitrogens with one attached hydrogen (secondary N) is 2. The lowest BCUT2D eigenvalue weighted by Gasteiger charge is -2.06. The molecule has 1 aromatic carbocycles. The molecule has 100 valence electrons. The van der Waals surface area contributed by atoms with Crippen LogP contribution in [0.15, 0.2) is 24.3 Å². The lowest BCUT2D eigenvalue weighted by molar-refractivity contribution is -0.120. The minimum absolute atomic E-state index is 0.121. The molecule has 1 rings (SSSR count). The van der Waals surface area contributed by atoms with E-state index in [1.165, 1.54) is 5.56 Å². The van der Waals surface area contributed by atoms with E-state index in [1.54, 1.807) is 0 Å². The number of hydrogen-bond donors (Lipinski definition) is 2. The zero-order valence-corrected chi connectivity index (χ0v) is 11.6. The van der Waals surface area contributed by atoms with Crippen molar-refractivity contribution in [1.29, 1.82) is 0 Å². The molecule has 0 aromatic heterocycles. The third-order valence-electron chi connectivity index (χ3n) is 2.60. The van der Waals surface area contributed by atoms with Crippen LogP contribution >= 0.6 is 11.6 Å². The van der Waals surface area contributed by atoms with Crippen molar-refractivity contribution in [1.82, 2.24) is 10.6 Å². The van der Waals surface area contributed by atoms with Crippen molar-refractivity contribution in [2.24, 2.45) is 0 Å². The summed E-state index contributed by atoms with van der Waals surface area (Å²) in [6, 6.07) is 7.85. The van der Waals surface area contributed by atoms with Gasteiger partial charge in [0.1, 0.15) is 0 Å². The number of carbonyl (C=O) groups is 1. The fraction of sp³-hybridized carbons (Fsp3) is 0.500. The molecule has 1 amide bonds. The van der Waals surface area contributed by atoms with Gasteiger partial charge in [-0.05, 0) is 37.1 Å². The molecular weight excluding hydrogens is 248 g/mol. The SMILES string of the molecule is CCCNC(=O)CCNCCc1ccc(Cl)cc1. The maximum atomic E-state index is 11.3. The predicted molar refractivity (Wildman–Crippen MR) is 75.9 cm³/mol. The maximum Gasteiger partial charge on any atom is 0.221 e. The maximum absolute atomic E-state index is 11.3. The molecule has 0 unspecified atom stereocenters. The largest absolute Gasteiger partial charge is 0.356 e. The number of halogens is 1. The van der Waals surface area contributed by atoms with Crippen LogP contribution in [0, 0.1) is 0 Å². The van der Waals surface area contributed by atoms with Crippen LogP contribution in [-0.4, -0.2) is 25.5 Å². The minimum atomic E-state index is 0.121. The molecule has 0 aliphatic rings. The molecule has 0 bridgehead atoms. The van der Waals surface area contributed by atoms with E-state index < -0.39 is 0 Å². The highest BCUT2D eigenvalue weighted by Gasteiger charge is 1.99. The van der Waals surface area contributed by atoms with Crippen LogP contribution in [0.2, 0.25) is 5.02 Å². The van der Waals surface area contributed by atoms with Crippen LogP contribution < -0.4 is 10.6 Å². The summed E-state index contributed by atoms with van der Waals surface area (Å²) >= 11 is 5.81. The van der Waals surface area contributed by atoms with Crippen molar-refractivity contribution < 1.29 is 4.79 Å². The van der Waals surface area contributed by atoms with Gasteiger partial charge in [0.15, 0.2) is 0 Å². The van der Waals surface area contributed by atoms with E-state index in [4.69, 9.17) is 11.6 Å². The first kappa shape index (κ1) is 15.0. The highest BCUT2D eigenvalue weighted by molar-refractivity contribution is 6.30. The quantitative estimate of drug-likeness (QED) is 0.711. The van der Waals surface area contributed by atoms with Gasteiger partial charge in [0, 0.05) is 24.5 Å². The summed E-state index contributed by atoms with van der Waals surface area (Å²) in [7, 11) is 0. The summed E-state index contributed by atoms with van der Waals surface area (Å²) in [4.78, 5) is 11.3. The molecule has 0 saturated heterocycles. The van der Waals surface area contributed by atoms with Crippen molar-refractivity contribution in [3.8, 4) is 0 Å². The van der Waals surface area contributed by atoms with Crippen LogP contribution in [0.5, 0.6) is 0 Å². The molecule has 4 heteroatoms. The Morgan fingerprint density at radius 3 is 2.56 bits per heavy atom. The van der Waals surface area contributed by atoms with Gasteiger partial charge < -0.3 is 10.6 Å². The van der Waals surface area contributed by atoms with E-state index >= 15 is 0 Å². The Bertz CT molecular complexity index is 351. The fourth-order valence-corrected chi connectivity index (χ4v) is 1.69. The van der Waals surface area contributed by atoms with Gasteiger partial charge >= 0.3 is 0 Å². The molecule has 0 saturated carbocycles. The van der Waals surface area contributed by atoms with Crippen molar-refractivity contribution >= 4 is 17.5 Å². The van der Waals surface area contributed by atoms with E-state index in [9.17, 15) is 4.79 Å². The number of amides is 1. The van der Waals surface area contributed by atoms with Gasteiger partial charge in [-0.15, -0.1) is 0 Å². The molecule has 0 spiro atoms. The third kappa shape index (κ3) is 6.62. The number of hydrogen-bond acceptors (Lipinski definition) is 2. The molecule has 3 nitrogen and oxygen atoms in total. The van der Waals surface area contributed by atoms with Crippen molar-refractivity contribution in [3.63, 3.8) is 0 Å². The second-order valence-electron chi connectivity index (χ2n) is 4.23. The van der Waals surface area contributed by atoms with Gasteiger partial charge in [0.2, 0.25) is 5.91 Å². The summed E-state index contributed by atoms with van der Waals surface area (Å²) < 4.78 is 0. The van der Waals surface area contributed by atoms with Crippen LogP contribution in [-0.2, 0) is 11.2 Å². The number of carbonyl (C=O) groups excluding carboxylic acids is 1. The highest BCUT2D eigenvalue weighted by Crippen LogP contribution is 2.09. The van der Waals surface area contributed by atoms with E-state index in [-0.39, 0.29) is 5.91 Å². The standard InChI is InChI=1S/C14H21ClN2O/c1-2-9-17-14(18)8-11-16-10-7-12-3-5-13(15)6-4-12/h3-6,16H,2,7-11H2,1H3,(H,17,18). The van der Waals surface area contributed by atoms with Gasteiger partial charge in [0.25, 0.3) is 0 Å².